The molecule has 0 aromatic heterocycles. The van der Waals surface area contributed by atoms with E-state index in [2.05, 4.69) is 15.9 Å². The van der Waals surface area contributed by atoms with Crippen molar-refractivity contribution in [1.82, 2.24) is 4.31 Å². The molecule has 0 radical (unpaired) electrons. The highest BCUT2D eigenvalue weighted by Crippen LogP contribution is 2.23. The first-order chi connectivity index (χ1) is 10.4. The van der Waals surface area contributed by atoms with Crippen LogP contribution in [0.5, 0.6) is 5.75 Å². The fourth-order valence-corrected chi connectivity index (χ4v) is 3.86. The predicted octanol–water partition coefficient (Wildman–Crippen LogP) is 3.46. The molecular formula is C16H18BrNO3S. The summed E-state index contributed by atoms with van der Waals surface area (Å²) < 4.78 is 32.8. The molecule has 0 spiro atoms. The third kappa shape index (κ3) is 4.09. The number of aryl methyl sites for hydroxylation is 1. The Hall–Kier alpha value is -1.37. The van der Waals surface area contributed by atoms with Gasteiger partial charge in [-0.1, -0.05) is 40.2 Å². The zero-order valence-corrected chi connectivity index (χ0v) is 14.9. The quantitative estimate of drug-likeness (QED) is 0.767. The maximum Gasteiger partial charge on any atom is 0.243 e. The van der Waals surface area contributed by atoms with E-state index in [-0.39, 0.29) is 6.54 Å². The normalized spacial score (nSPS) is 11.6. The van der Waals surface area contributed by atoms with Crippen LogP contribution in [-0.4, -0.2) is 32.9 Å². The number of likely N-dealkylation sites (N-methyl/N-ethyl adjacent to an activating group) is 1. The van der Waals surface area contributed by atoms with E-state index < -0.39 is 10.0 Å². The molecule has 0 aliphatic heterocycles. The van der Waals surface area contributed by atoms with E-state index in [0.717, 1.165) is 15.8 Å². The summed E-state index contributed by atoms with van der Waals surface area (Å²) >= 11 is 3.31. The summed E-state index contributed by atoms with van der Waals surface area (Å²) in [6.45, 7) is 2.36. The number of benzene rings is 2. The first-order valence-corrected chi connectivity index (χ1v) is 9.05. The molecule has 118 valence electrons. The zero-order valence-electron chi connectivity index (χ0n) is 12.5. The fraction of sp³-hybridized carbons (Fsp3) is 0.250. The van der Waals surface area contributed by atoms with Gasteiger partial charge in [0.2, 0.25) is 10.0 Å². The Morgan fingerprint density at radius 1 is 1.14 bits per heavy atom. The van der Waals surface area contributed by atoms with Crippen molar-refractivity contribution in [3.63, 3.8) is 0 Å². The SMILES string of the molecule is Cc1ccc(Br)cc1S(=O)(=O)N(C)CCOc1ccccc1. The largest absolute Gasteiger partial charge is 0.492 e. The highest BCUT2D eigenvalue weighted by Gasteiger charge is 2.22. The number of hydrogen-bond acceptors (Lipinski definition) is 3. The second-order valence-electron chi connectivity index (χ2n) is 4.90. The van der Waals surface area contributed by atoms with Crippen molar-refractivity contribution in [1.29, 1.82) is 0 Å². The van der Waals surface area contributed by atoms with Gasteiger partial charge in [-0.25, -0.2) is 8.42 Å². The Bertz CT molecular complexity index is 732. The molecule has 2 aromatic rings. The fourth-order valence-electron chi connectivity index (χ4n) is 1.95. The van der Waals surface area contributed by atoms with E-state index in [0.29, 0.717) is 11.5 Å². The monoisotopic (exact) mass is 383 g/mol. The molecular weight excluding hydrogens is 366 g/mol. The number of sulfonamides is 1. The van der Waals surface area contributed by atoms with Crippen molar-refractivity contribution in [2.24, 2.45) is 0 Å². The molecule has 0 aliphatic rings. The molecule has 0 saturated heterocycles. The molecule has 0 fully saturated rings. The van der Waals surface area contributed by atoms with Gasteiger partial charge in [-0.05, 0) is 36.8 Å². The van der Waals surface area contributed by atoms with Crippen LogP contribution in [0.15, 0.2) is 57.9 Å². The third-order valence-corrected chi connectivity index (χ3v) is 5.75. The van der Waals surface area contributed by atoms with Crippen molar-refractivity contribution in [2.45, 2.75) is 11.8 Å². The van der Waals surface area contributed by atoms with Gasteiger partial charge in [0.25, 0.3) is 0 Å². The maximum atomic E-state index is 12.6. The molecule has 0 aliphatic carbocycles. The molecule has 6 heteroatoms. The molecule has 4 nitrogen and oxygen atoms in total. The molecule has 0 bridgehead atoms. The Morgan fingerprint density at radius 3 is 2.50 bits per heavy atom. The van der Waals surface area contributed by atoms with Crippen LogP contribution in [0.4, 0.5) is 0 Å². The third-order valence-electron chi connectivity index (χ3n) is 3.26. The molecule has 0 amide bonds. The van der Waals surface area contributed by atoms with Gasteiger partial charge < -0.3 is 4.74 Å². The number of rotatable bonds is 6. The van der Waals surface area contributed by atoms with Crippen molar-refractivity contribution in [2.75, 3.05) is 20.2 Å². The van der Waals surface area contributed by atoms with Crippen LogP contribution in [0, 0.1) is 6.92 Å². The van der Waals surface area contributed by atoms with Gasteiger partial charge in [0.1, 0.15) is 12.4 Å². The van der Waals surface area contributed by atoms with Crippen LogP contribution in [0.1, 0.15) is 5.56 Å². The van der Waals surface area contributed by atoms with Gasteiger partial charge in [0.15, 0.2) is 0 Å². The number of para-hydroxylation sites is 1. The maximum absolute atomic E-state index is 12.6. The molecule has 0 unspecified atom stereocenters. The second kappa shape index (κ2) is 7.26. The van der Waals surface area contributed by atoms with Crippen LogP contribution in [-0.2, 0) is 10.0 Å². The Labute approximate surface area is 139 Å². The van der Waals surface area contributed by atoms with E-state index in [1.807, 2.05) is 36.4 Å². The van der Waals surface area contributed by atoms with Crippen LogP contribution < -0.4 is 4.74 Å². The lowest BCUT2D eigenvalue weighted by molar-refractivity contribution is 0.287. The van der Waals surface area contributed by atoms with Crippen LogP contribution >= 0.6 is 15.9 Å². The van der Waals surface area contributed by atoms with Crippen LogP contribution in [0.25, 0.3) is 0 Å². The summed E-state index contributed by atoms with van der Waals surface area (Å²) in [6.07, 6.45) is 0. The van der Waals surface area contributed by atoms with E-state index >= 15 is 0 Å². The van der Waals surface area contributed by atoms with Crippen LogP contribution in [0.2, 0.25) is 0 Å². The van der Waals surface area contributed by atoms with E-state index in [1.165, 1.54) is 4.31 Å². The molecule has 0 N–H and O–H groups in total. The lowest BCUT2D eigenvalue weighted by Gasteiger charge is -2.19. The molecule has 2 aromatic carbocycles. The van der Waals surface area contributed by atoms with Crippen LogP contribution in [0.3, 0.4) is 0 Å². The second-order valence-corrected chi connectivity index (χ2v) is 7.83. The van der Waals surface area contributed by atoms with E-state index in [9.17, 15) is 8.42 Å². The first-order valence-electron chi connectivity index (χ1n) is 6.81. The Kier molecular flexibility index (Phi) is 5.61. The van der Waals surface area contributed by atoms with Gasteiger partial charge >= 0.3 is 0 Å². The molecule has 0 saturated carbocycles. The van der Waals surface area contributed by atoms with Gasteiger partial charge in [-0.2, -0.15) is 4.31 Å². The lowest BCUT2D eigenvalue weighted by atomic mass is 10.2. The molecule has 22 heavy (non-hydrogen) atoms. The minimum absolute atomic E-state index is 0.281. The summed E-state index contributed by atoms with van der Waals surface area (Å²) in [7, 11) is -1.96. The topological polar surface area (TPSA) is 46.6 Å². The van der Waals surface area contributed by atoms with Crippen molar-refractivity contribution in [3.05, 3.63) is 58.6 Å². The van der Waals surface area contributed by atoms with Crippen molar-refractivity contribution < 1.29 is 13.2 Å². The highest BCUT2D eigenvalue weighted by molar-refractivity contribution is 9.10. The number of halogens is 1. The minimum atomic E-state index is -3.52. The van der Waals surface area contributed by atoms with E-state index in [1.54, 1.807) is 26.1 Å². The van der Waals surface area contributed by atoms with E-state index in [4.69, 9.17) is 4.74 Å². The van der Waals surface area contributed by atoms with Gasteiger partial charge in [-0.15, -0.1) is 0 Å². The van der Waals surface area contributed by atoms with Gasteiger partial charge in [0, 0.05) is 18.1 Å². The van der Waals surface area contributed by atoms with Gasteiger partial charge in [0.05, 0.1) is 4.90 Å². The summed E-state index contributed by atoms with van der Waals surface area (Å²) in [5.74, 6) is 0.729. The number of ether oxygens (including phenoxy) is 1. The minimum Gasteiger partial charge on any atom is -0.492 e. The average molecular weight is 384 g/mol. The summed E-state index contributed by atoms with van der Waals surface area (Å²) in [6, 6.07) is 14.6. The lowest BCUT2D eigenvalue weighted by Crippen LogP contribution is -2.31. The van der Waals surface area contributed by atoms with Crippen molar-refractivity contribution >= 4 is 26.0 Å². The molecule has 0 atom stereocenters. The molecule has 0 heterocycles. The smallest absolute Gasteiger partial charge is 0.243 e. The standard InChI is InChI=1S/C16H18BrNO3S/c1-13-8-9-14(17)12-16(13)22(19,20)18(2)10-11-21-15-6-4-3-5-7-15/h3-9,12H,10-11H2,1-2H3. The van der Waals surface area contributed by atoms with Crippen molar-refractivity contribution in [3.8, 4) is 5.75 Å². The Balaban J connectivity index is 2.04. The summed E-state index contributed by atoms with van der Waals surface area (Å²) in [5.41, 5.74) is 0.721. The first kappa shape index (κ1) is 17.0. The number of hydrogen-bond donors (Lipinski definition) is 0. The Morgan fingerprint density at radius 2 is 1.82 bits per heavy atom. The summed E-state index contributed by atoms with van der Waals surface area (Å²) in [4.78, 5) is 0.309. The van der Waals surface area contributed by atoms with Gasteiger partial charge in [-0.3, -0.25) is 0 Å². The number of nitrogens with zero attached hydrogens (tertiary/aromatic N) is 1. The predicted molar refractivity (Wildman–Crippen MR) is 90.6 cm³/mol. The average Bonchev–Trinajstić information content (AvgIpc) is 2.50. The summed E-state index contributed by atoms with van der Waals surface area (Å²) in [5, 5.41) is 0. The zero-order chi connectivity index (χ0) is 16.2. The molecule has 2 rings (SSSR count). The highest BCUT2D eigenvalue weighted by atomic mass is 79.9.